The first-order valence-electron chi connectivity index (χ1n) is 8.60. The number of hydrogen-bond acceptors (Lipinski definition) is 5. The van der Waals surface area contributed by atoms with E-state index in [1.807, 2.05) is 12.1 Å². The lowest BCUT2D eigenvalue weighted by atomic mass is 10.1. The van der Waals surface area contributed by atoms with Gasteiger partial charge in [-0.3, -0.25) is 14.5 Å². The molecule has 2 aromatic heterocycles. The molecule has 1 aliphatic rings. The van der Waals surface area contributed by atoms with Crippen molar-refractivity contribution in [3.8, 4) is 0 Å². The van der Waals surface area contributed by atoms with E-state index >= 15 is 0 Å². The lowest BCUT2D eigenvalue weighted by molar-refractivity contribution is -0.120. The Morgan fingerprint density at radius 2 is 1.80 bits per heavy atom. The smallest absolute Gasteiger partial charge is 0.287 e. The van der Waals surface area contributed by atoms with Crippen LogP contribution in [0.5, 0.6) is 0 Å². The lowest BCUT2D eigenvalue weighted by Crippen LogP contribution is -2.43. The summed E-state index contributed by atoms with van der Waals surface area (Å²) in [7, 11) is 0. The molecule has 1 aliphatic heterocycles. The predicted molar refractivity (Wildman–Crippen MR) is 90.9 cm³/mol. The van der Waals surface area contributed by atoms with Gasteiger partial charge < -0.3 is 19.5 Å². The van der Waals surface area contributed by atoms with E-state index in [0.29, 0.717) is 6.54 Å². The number of nitrogens with one attached hydrogen (secondary N) is 2. The Balaban J connectivity index is 1.50. The van der Waals surface area contributed by atoms with Crippen LogP contribution in [0.15, 0.2) is 45.6 Å². The average Bonchev–Trinajstić information content (AvgIpc) is 3.34. The van der Waals surface area contributed by atoms with Crippen molar-refractivity contribution in [1.29, 1.82) is 0 Å². The summed E-state index contributed by atoms with van der Waals surface area (Å²) >= 11 is 0. The van der Waals surface area contributed by atoms with Gasteiger partial charge in [0.1, 0.15) is 5.76 Å². The highest BCUT2D eigenvalue weighted by molar-refractivity contribution is 5.94. The number of nitrogens with zero attached hydrogens (tertiary/aromatic N) is 1. The molecular weight excluding hydrogens is 322 g/mol. The van der Waals surface area contributed by atoms with E-state index in [0.717, 1.165) is 31.7 Å². The molecule has 0 saturated carbocycles. The van der Waals surface area contributed by atoms with Crippen LogP contribution in [0.1, 0.15) is 41.6 Å². The van der Waals surface area contributed by atoms with E-state index < -0.39 is 5.91 Å². The van der Waals surface area contributed by atoms with E-state index in [2.05, 4.69) is 15.5 Å². The molecule has 3 heterocycles. The van der Waals surface area contributed by atoms with Crippen molar-refractivity contribution >= 4 is 11.8 Å². The van der Waals surface area contributed by atoms with Crippen molar-refractivity contribution in [3.63, 3.8) is 0 Å². The standard InChI is InChI=1S/C18H23N3O4/c22-17(13-20-18(23)16-7-5-11-25-16)19-12-14(15-6-4-10-24-15)21-8-2-1-3-9-21/h4-7,10-11,14H,1-3,8-9,12-13H2,(H,19,22)(H,20,23)/t14-/m1/s1. The quantitative estimate of drug-likeness (QED) is 0.801. The first-order chi connectivity index (χ1) is 12.2. The van der Waals surface area contributed by atoms with Crippen molar-refractivity contribution in [2.75, 3.05) is 26.2 Å². The SMILES string of the molecule is O=C(CNC(=O)c1ccco1)NC[C@H](c1ccco1)N1CCCCC1. The fourth-order valence-corrected chi connectivity index (χ4v) is 3.05. The van der Waals surface area contributed by atoms with Gasteiger partial charge in [0.15, 0.2) is 5.76 Å². The molecule has 1 atom stereocenters. The molecule has 0 spiro atoms. The van der Waals surface area contributed by atoms with Crippen LogP contribution in [0, 0.1) is 0 Å². The van der Waals surface area contributed by atoms with Crippen LogP contribution in [-0.4, -0.2) is 42.9 Å². The molecule has 1 saturated heterocycles. The third-order valence-electron chi connectivity index (χ3n) is 4.35. The maximum Gasteiger partial charge on any atom is 0.287 e. The number of rotatable bonds is 7. The molecule has 2 aromatic rings. The van der Waals surface area contributed by atoms with Crippen LogP contribution in [0.3, 0.4) is 0 Å². The normalized spacial score (nSPS) is 16.3. The van der Waals surface area contributed by atoms with Crippen molar-refractivity contribution < 1.29 is 18.4 Å². The van der Waals surface area contributed by atoms with Crippen LogP contribution in [-0.2, 0) is 4.79 Å². The minimum atomic E-state index is -0.404. The third kappa shape index (κ3) is 4.73. The van der Waals surface area contributed by atoms with Crippen LogP contribution >= 0.6 is 0 Å². The second-order valence-electron chi connectivity index (χ2n) is 6.09. The lowest BCUT2D eigenvalue weighted by Gasteiger charge is -2.33. The first kappa shape index (κ1) is 17.3. The number of furan rings is 2. The zero-order chi connectivity index (χ0) is 17.5. The molecule has 25 heavy (non-hydrogen) atoms. The van der Waals surface area contributed by atoms with Crippen molar-refractivity contribution in [2.45, 2.75) is 25.3 Å². The predicted octanol–water partition coefficient (Wildman–Crippen LogP) is 1.95. The number of carbonyl (C=O) groups excluding carboxylic acids is 2. The Morgan fingerprint density at radius 3 is 2.48 bits per heavy atom. The van der Waals surface area contributed by atoms with E-state index in [1.165, 1.54) is 12.7 Å². The first-order valence-corrected chi connectivity index (χ1v) is 8.60. The monoisotopic (exact) mass is 345 g/mol. The summed E-state index contributed by atoms with van der Waals surface area (Å²) in [4.78, 5) is 26.2. The van der Waals surface area contributed by atoms with Gasteiger partial charge in [0.05, 0.1) is 25.1 Å². The molecular formula is C18H23N3O4. The van der Waals surface area contributed by atoms with Gasteiger partial charge in [0.2, 0.25) is 5.91 Å². The van der Waals surface area contributed by atoms with Crippen LogP contribution < -0.4 is 10.6 Å². The van der Waals surface area contributed by atoms with Crippen LogP contribution in [0.4, 0.5) is 0 Å². The highest BCUT2D eigenvalue weighted by Gasteiger charge is 2.25. The second kappa shape index (κ2) is 8.53. The number of likely N-dealkylation sites (tertiary alicyclic amines) is 1. The van der Waals surface area contributed by atoms with Crippen LogP contribution in [0.25, 0.3) is 0 Å². The highest BCUT2D eigenvalue weighted by atomic mass is 16.3. The molecule has 0 aliphatic carbocycles. The minimum Gasteiger partial charge on any atom is -0.468 e. The number of piperidine rings is 1. The van der Waals surface area contributed by atoms with Crippen molar-refractivity contribution in [3.05, 3.63) is 48.3 Å². The molecule has 0 radical (unpaired) electrons. The summed E-state index contributed by atoms with van der Waals surface area (Å²) in [5.41, 5.74) is 0. The summed E-state index contributed by atoms with van der Waals surface area (Å²) < 4.78 is 10.5. The van der Waals surface area contributed by atoms with E-state index in [-0.39, 0.29) is 24.3 Å². The zero-order valence-corrected chi connectivity index (χ0v) is 14.1. The van der Waals surface area contributed by atoms with Gasteiger partial charge in [-0.05, 0) is 50.2 Å². The number of amides is 2. The Morgan fingerprint density at radius 1 is 1.04 bits per heavy atom. The van der Waals surface area contributed by atoms with Gasteiger partial charge in [-0.2, -0.15) is 0 Å². The molecule has 0 bridgehead atoms. The molecule has 7 nitrogen and oxygen atoms in total. The summed E-state index contributed by atoms with van der Waals surface area (Å²) in [6, 6.07) is 6.99. The van der Waals surface area contributed by atoms with Crippen molar-refractivity contribution in [1.82, 2.24) is 15.5 Å². The minimum absolute atomic E-state index is 0.0139. The molecule has 2 N–H and O–H groups in total. The molecule has 1 fully saturated rings. The maximum atomic E-state index is 12.1. The molecule has 0 aromatic carbocycles. The third-order valence-corrected chi connectivity index (χ3v) is 4.35. The average molecular weight is 345 g/mol. The summed E-state index contributed by atoms with van der Waals surface area (Å²) in [5.74, 6) is 0.392. The second-order valence-corrected chi connectivity index (χ2v) is 6.09. The Kier molecular flexibility index (Phi) is 5.90. The largest absolute Gasteiger partial charge is 0.468 e. The van der Waals surface area contributed by atoms with E-state index in [1.54, 1.807) is 18.4 Å². The fourth-order valence-electron chi connectivity index (χ4n) is 3.05. The Bertz CT molecular complexity index is 661. The maximum absolute atomic E-state index is 12.1. The van der Waals surface area contributed by atoms with Gasteiger partial charge in [-0.15, -0.1) is 0 Å². The Hall–Kier alpha value is -2.54. The molecule has 2 amide bonds. The van der Waals surface area contributed by atoms with Crippen LogP contribution in [0.2, 0.25) is 0 Å². The molecule has 134 valence electrons. The van der Waals surface area contributed by atoms with Gasteiger partial charge in [-0.1, -0.05) is 6.42 Å². The van der Waals surface area contributed by atoms with Crippen molar-refractivity contribution in [2.24, 2.45) is 0 Å². The Labute approximate surface area is 146 Å². The topological polar surface area (TPSA) is 87.7 Å². The van der Waals surface area contributed by atoms with E-state index in [9.17, 15) is 9.59 Å². The molecule has 7 heteroatoms. The summed E-state index contributed by atoms with van der Waals surface area (Å²) in [6.45, 7) is 2.35. The van der Waals surface area contributed by atoms with Gasteiger partial charge in [0, 0.05) is 6.54 Å². The number of hydrogen-bond donors (Lipinski definition) is 2. The van der Waals surface area contributed by atoms with E-state index in [4.69, 9.17) is 8.83 Å². The summed E-state index contributed by atoms with van der Waals surface area (Å²) in [6.07, 6.45) is 6.63. The van der Waals surface area contributed by atoms with Gasteiger partial charge in [-0.25, -0.2) is 0 Å². The fraction of sp³-hybridized carbons (Fsp3) is 0.444. The van der Waals surface area contributed by atoms with Gasteiger partial charge >= 0.3 is 0 Å². The molecule has 3 rings (SSSR count). The molecule has 0 unspecified atom stereocenters. The van der Waals surface area contributed by atoms with Gasteiger partial charge in [0.25, 0.3) is 5.91 Å². The number of carbonyl (C=O) groups is 2. The summed E-state index contributed by atoms with van der Waals surface area (Å²) in [5, 5.41) is 5.42. The zero-order valence-electron chi connectivity index (χ0n) is 14.1. The highest BCUT2D eigenvalue weighted by Crippen LogP contribution is 2.24.